The number of hydrogen-bond acceptors (Lipinski definition) is 7. The first-order valence-corrected chi connectivity index (χ1v) is 10.8. The van der Waals surface area contributed by atoms with Crippen LogP contribution in [0.25, 0.3) is 11.3 Å². The van der Waals surface area contributed by atoms with Crippen molar-refractivity contribution in [2.45, 2.75) is 25.1 Å². The van der Waals surface area contributed by atoms with Gasteiger partial charge in [0.05, 0.1) is 26.5 Å². The van der Waals surface area contributed by atoms with E-state index < -0.39 is 18.0 Å². The van der Waals surface area contributed by atoms with Crippen LogP contribution < -0.4 is 14.2 Å². The Morgan fingerprint density at radius 1 is 1.14 bits per heavy atom. The summed E-state index contributed by atoms with van der Waals surface area (Å²) in [5.41, 5.74) is 0.472. The predicted molar refractivity (Wildman–Crippen MR) is 118 cm³/mol. The lowest BCUT2D eigenvalue weighted by Gasteiger charge is -2.32. The number of aromatic nitrogens is 4. The molecule has 3 heterocycles. The van der Waals surface area contributed by atoms with Gasteiger partial charge in [-0.3, -0.25) is 9.48 Å². The fraction of sp³-hybridized carbons (Fsp3) is 0.391. The van der Waals surface area contributed by atoms with Gasteiger partial charge in [0.2, 0.25) is 0 Å². The smallest absolute Gasteiger partial charge is 0.433 e. The fourth-order valence-electron chi connectivity index (χ4n) is 3.90. The molecule has 1 fully saturated rings. The molecule has 4 rings (SSSR count). The Kier molecular flexibility index (Phi) is 6.81. The minimum atomic E-state index is -4.60. The summed E-state index contributed by atoms with van der Waals surface area (Å²) in [7, 11) is 4.76. The number of carbonyl (C=O) groups is 1. The van der Waals surface area contributed by atoms with Crippen molar-refractivity contribution in [1.29, 1.82) is 0 Å². The Balaban J connectivity index is 1.51. The molecule has 1 aromatic carbocycles. The van der Waals surface area contributed by atoms with E-state index in [-0.39, 0.29) is 18.5 Å². The number of alkyl halides is 3. The van der Waals surface area contributed by atoms with Crippen LogP contribution in [0.2, 0.25) is 0 Å². The normalized spacial score (nSPS) is 16.2. The highest BCUT2D eigenvalue weighted by molar-refractivity contribution is 5.94. The Morgan fingerprint density at radius 2 is 1.94 bits per heavy atom. The molecule has 12 heteroatoms. The molecule has 186 valence electrons. The van der Waals surface area contributed by atoms with Crippen LogP contribution >= 0.6 is 0 Å². The number of carbonyl (C=O) groups excluding carboxylic acids is 1. The third-order valence-corrected chi connectivity index (χ3v) is 5.64. The van der Waals surface area contributed by atoms with Crippen LogP contribution in [0.1, 0.15) is 29.0 Å². The number of benzene rings is 1. The van der Waals surface area contributed by atoms with Gasteiger partial charge in [-0.05, 0) is 43.2 Å². The summed E-state index contributed by atoms with van der Waals surface area (Å²) in [4.78, 5) is 22.1. The van der Waals surface area contributed by atoms with Gasteiger partial charge >= 0.3 is 12.2 Å². The third kappa shape index (κ3) is 5.31. The maximum Gasteiger partial charge on any atom is 0.433 e. The second kappa shape index (κ2) is 9.80. The second-order valence-electron chi connectivity index (χ2n) is 7.96. The molecule has 1 unspecified atom stereocenters. The number of rotatable bonds is 6. The third-order valence-electron chi connectivity index (χ3n) is 5.64. The zero-order valence-electron chi connectivity index (χ0n) is 19.4. The summed E-state index contributed by atoms with van der Waals surface area (Å²) in [6.07, 6.45) is -2.97. The quantitative estimate of drug-likeness (QED) is 0.520. The molecule has 35 heavy (non-hydrogen) atoms. The maximum absolute atomic E-state index is 13.3. The number of amides is 1. The lowest BCUT2D eigenvalue weighted by Crippen LogP contribution is -2.45. The highest BCUT2D eigenvalue weighted by Gasteiger charge is 2.34. The molecule has 1 saturated heterocycles. The molecule has 2 aromatic heterocycles. The van der Waals surface area contributed by atoms with E-state index in [0.29, 0.717) is 47.8 Å². The van der Waals surface area contributed by atoms with E-state index in [0.717, 1.165) is 12.3 Å². The van der Waals surface area contributed by atoms with E-state index >= 15 is 0 Å². The van der Waals surface area contributed by atoms with Crippen molar-refractivity contribution in [3.8, 4) is 28.8 Å². The Labute approximate surface area is 199 Å². The van der Waals surface area contributed by atoms with Crippen molar-refractivity contribution in [2.24, 2.45) is 7.05 Å². The number of aryl methyl sites for hydroxylation is 1. The summed E-state index contributed by atoms with van der Waals surface area (Å²) in [6.45, 7) is 0.659. The van der Waals surface area contributed by atoms with E-state index in [1.54, 1.807) is 50.4 Å². The average molecular weight is 491 g/mol. The Morgan fingerprint density at radius 3 is 2.66 bits per heavy atom. The summed E-state index contributed by atoms with van der Waals surface area (Å²) in [5.74, 6) is 0.925. The van der Waals surface area contributed by atoms with Crippen molar-refractivity contribution in [3.63, 3.8) is 0 Å². The lowest BCUT2D eigenvalue weighted by atomic mass is 10.1. The monoisotopic (exact) mass is 491 g/mol. The predicted octanol–water partition coefficient (Wildman–Crippen LogP) is 3.60. The molecular weight excluding hydrogens is 467 g/mol. The Bertz CT molecular complexity index is 1210. The van der Waals surface area contributed by atoms with Gasteiger partial charge in [-0.25, -0.2) is 4.98 Å². The van der Waals surface area contributed by atoms with Gasteiger partial charge in [-0.1, -0.05) is 0 Å². The van der Waals surface area contributed by atoms with Crippen molar-refractivity contribution in [3.05, 3.63) is 47.9 Å². The number of methoxy groups -OCH3 is 2. The number of nitrogens with zero attached hydrogens (tertiary/aromatic N) is 5. The van der Waals surface area contributed by atoms with Gasteiger partial charge in [-0.2, -0.15) is 23.3 Å². The van der Waals surface area contributed by atoms with Crippen molar-refractivity contribution >= 4 is 5.91 Å². The van der Waals surface area contributed by atoms with Crippen LogP contribution in [-0.2, 0) is 13.2 Å². The molecule has 0 spiro atoms. The van der Waals surface area contributed by atoms with E-state index in [1.807, 2.05) is 0 Å². The van der Waals surface area contributed by atoms with Crippen LogP contribution in [0.15, 0.2) is 36.5 Å². The molecule has 0 bridgehead atoms. The molecule has 1 aliphatic rings. The van der Waals surface area contributed by atoms with Gasteiger partial charge in [0.1, 0.15) is 23.3 Å². The van der Waals surface area contributed by atoms with Crippen molar-refractivity contribution in [1.82, 2.24) is 24.6 Å². The largest absolute Gasteiger partial charge is 0.497 e. The second-order valence-corrected chi connectivity index (χ2v) is 7.96. The molecule has 1 amide bonds. The van der Waals surface area contributed by atoms with E-state index in [4.69, 9.17) is 14.2 Å². The molecule has 1 aliphatic heterocycles. The number of hydrogen-bond donors (Lipinski definition) is 0. The van der Waals surface area contributed by atoms with Crippen molar-refractivity contribution in [2.75, 3.05) is 27.3 Å². The molecule has 0 radical (unpaired) electrons. The fourth-order valence-corrected chi connectivity index (χ4v) is 3.90. The molecule has 0 N–H and O–H groups in total. The van der Waals surface area contributed by atoms with E-state index in [2.05, 4.69) is 15.1 Å². The number of halogens is 3. The average Bonchev–Trinajstić information content (AvgIpc) is 3.24. The van der Waals surface area contributed by atoms with E-state index in [9.17, 15) is 18.0 Å². The van der Waals surface area contributed by atoms with Gasteiger partial charge in [0, 0.05) is 25.4 Å². The molecule has 0 saturated carbocycles. The molecule has 9 nitrogen and oxygen atoms in total. The van der Waals surface area contributed by atoms with Gasteiger partial charge in [0.15, 0.2) is 5.69 Å². The van der Waals surface area contributed by atoms with Crippen LogP contribution in [-0.4, -0.2) is 64.0 Å². The zero-order chi connectivity index (χ0) is 25.2. The molecule has 0 aliphatic carbocycles. The topological polar surface area (TPSA) is 91.6 Å². The first-order chi connectivity index (χ1) is 16.7. The van der Waals surface area contributed by atoms with Gasteiger partial charge in [-0.15, -0.1) is 0 Å². The highest BCUT2D eigenvalue weighted by atomic mass is 19.4. The summed E-state index contributed by atoms with van der Waals surface area (Å²) < 4.78 is 56.6. The summed E-state index contributed by atoms with van der Waals surface area (Å²) in [6, 6.07) is 7.37. The van der Waals surface area contributed by atoms with Crippen molar-refractivity contribution < 1.29 is 32.2 Å². The minimum absolute atomic E-state index is 0.182. The standard InChI is InChI=1S/C23H24F3N5O4/c1-30-18(12-17(29-30)16-11-14(33-2)6-7-19(16)34-3)21(32)31-10-4-5-15(13-31)35-22-27-9-8-20(28-22)23(24,25)26/h6-9,11-12,15H,4-5,10,13H2,1-3H3. The number of ether oxygens (including phenoxy) is 3. The number of piperidine rings is 1. The van der Waals surface area contributed by atoms with Crippen LogP contribution in [0.4, 0.5) is 13.2 Å². The number of likely N-dealkylation sites (tertiary alicyclic amines) is 1. The highest BCUT2D eigenvalue weighted by Crippen LogP contribution is 2.33. The first-order valence-electron chi connectivity index (χ1n) is 10.8. The van der Waals surface area contributed by atoms with Crippen LogP contribution in [0.5, 0.6) is 17.5 Å². The molecular formula is C23H24F3N5O4. The summed E-state index contributed by atoms with van der Waals surface area (Å²) >= 11 is 0. The minimum Gasteiger partial charge on any atom is -0.497 e. The summed E-state index contributed by atoms with van der Waals surface area (Å²) in [5, 5.41) is 4.48. The van der Waals surface area contributed by atoms with Gasteiger partial charge in [0.25, 0.3) is 5.91 Å². The molecule has 3 aromatic rings. The maximum atomic E-state index is 13.3. The lowest BCUT2D eigenvalue weighted by molar-refractivity contribution is -0.141. The zero-order valence-corrected chi connectivity index (χ0v) is 19.4. The molecule has 1 atom stereocenters. The Hall–Kier alpha value is -3.83. The van der Waals surface area contributed by atoms with Crippen LogP contribution in [0, 0.1) is 0 Å². The van der Waals surface area contributed by atoms with E-state index in [1.165, 1.54) is 4.68 Å². The SMILES string of the molecule is COc1ccc(OC)c(-c2cc(C(=O)N3CCCC(Oc4nccc(C(F)(F)F)n4)C3)n(C)n2)c1. The van der Waals surface area contributed by atoms with Gasteiger partial charge < -0.3 is 19.1 Å². The first kappa shape index (κ1) is 24.3. The van der Waals surface area contributed by atoms with Crippen LogP contribution in [0.3, 0.4) is 0 Å².